The van der Waals surface area contributed by atoms with Crippen molar-refractivity contribution in [3.8, 4) is 0 Å². The van der Waals surface area contributed by atoms with Crippen LogP contribution in [0, 0.1) is 5.92 Å². The molecule has 27 heavy (non-hydrogen) atoms. The summed E-state index contributed by atoms with van der Waals surface area (Å²) >= 11 is 0. The molecule has 2 aromatic carbocycles. The Bertz CT molecular complexity index is 680. The Morgan fingerprint density at radius 2 is 1.48 bits per heavy atom. The Morgan fingerprint density at radius 1 is 0.889 bits per heavy atom. The molecule has 0 radical (unpaired) electrons. The lowest BCUT2D eigenvalue weighted by molar-refractivity contribution is -0.0385. The minimum Gasteiger partial charge on any atom is -0.385 e. The standard InChI is InChI=1S/C24H33NO.ClH/c1-3-25(4-2)23-18-12-11-13-20(23)19-24(26,21-14-7-5-8-15-21)22-16-9-6-10-17-22;/h5,7-8,11-15,18,22,26H,3-4,6,9-10,16-17,19H2,1-2H3;1H. The molecule has 0 heterocycles. The van der Waals surface area contributed by atoms with E-state index < -0.39 is 5.60 Å². The van der Waals surface area contributed by atoms with Crippen molar-refractivity contribution in [2.24, 2.45) is 5.92 Å². The zero-order chi connectivity index (χ0) is 18.4. The van der Waals surface area contributed by atoms with Gasteiger partial charge in [0.2, 0.25) is 0 Å². The summed E-state index contributed by atoms with van der Waals surface area (Å²) in [5.74, 6) is 0.336. The molecule has 1 N–H and O–H groups in total. The molecular weight excluding hydrogens is 354 g/mol. The van der Waals surface area contributed by atoms with Crippen molar-refractivity contribution in [1.29, 1.82) is 0 Å². The number of hydrogen-bond donors (Lipinski definition) is 1. The molecule has 0 spiro atoms. The van der Waals surface area contributed by atoms with Gasteiger partial charge >= 0.3 is 0 Å². The first-order valence-electron chi connectivity index (χ1n) is 10.3. The van der Waals surface area contributed by atoms with Crippen molar-refractivity contribution in [2.45, 2.75) is 58.0 Å². The van der Waals surface area contributed by atoms with Gasteiger partial charge in [0, 0.05) is 25.2 Å². The lowest BCUT2D eigenvalue weighted by Gasteiger charge is -2.40. The third-order valence-electron chi connectivity index (χ3n) is 6.11. The van der Waals surface area contributed by atoms with Crippen LogP contribution in [0.5, 0.6) is 0 Å². The maximum Gasteiger partial charge on any atom is 0.0965 e. The number of hydrogen-bond acceptors (Lipinski definition) is 2. The highest BCUT2D eigenvalue weighted by atomic mass is 35.5. The lowest BCUT2D eigenvalue weighted by Crippen LogP contribution is -2.39. The van der Waals surface area contributed by atoms with E-state index in [4.69, 9.17) is 0 Å². The lowest BCUT2D eigenvalue weighted by atomic mass is 9.70. The molecule has 2 aromatic rings. The van der Waals surface area contributed by atoms with Crippen LogP contribution in [0.3, 0.4) is 0 Å². The fourth-order valence-electron chi connectivity index (χ4n) is 4.61. The van der Waals surface area contributed by atoms with Gasteiger partial charge < -0.3 is 10.0 Å². The molecule has 0 bridgehead atoms. The third kappa shape index (κ3) is 4.86. The Kier molecular flexibility index (Phi) is 8.19. The highest BCUT2D eigenvalue weighted by Crippen LogP contribution is 2.42. The molecule has 1 aliphatic carbocycles. The topological polar surface area (TPSA) is 23.5 Å². The first kappa shape index (κ1) is 21.8. The number of anilines is 1. The van der Waals surface area contributed by atoms with Crippen LogP contribution in [0.2, 0.25) is 0 Å². The van der Waals surface area contributed by atoms with Crippen LogP contribution in [0.1, 0.15) is 57.1 Å². The summed E-state index contributed by atoms with van der Waals surface area (Å²) in [6.07, 6.45) is 6.71. The van der Waals surface area contributed by atoms with E-state index in [0.29, 0.717) is 12.3 Å². The SMILES string of the molecule is CCN(CC)c1ccccc1CC(O)(c1ccccc1)C1CCCCC1.Cl. The van der Waals surface area contributed by atoms with Crippen LogP contribution in [0.15, 0.2) is 54.6 Å². The van der Waals surface area contributed by atoms with Crippen LogP contribution in [0.4, 0.5) is 5.69 Å². The van der Waals surface area contributed by atoms with Crippen LogP contribution in [0.25, 0.3) is 0 Å². The minimum absolute atomic E-state index is 0. The number of aliphatic hydroxyl groups is 1. The molecule has 3 rings (SSSR count). The van der Waals surface area contributed by atoms with E-state index in [1.54, 1.807) is 0 Å². The number of nitrogens with zero attached hydrogens (tertiary/aromatic N) is 1. The molecule has 0 saturated heterocycles. The summed E-state index contributed by atoms with van der Waals surface area (Å²) < 4.78 is 0. The number of para-hydroxylation sites is 1. The quantitative estimate of drug-likeness (QED) is 0.633. The predicted molar refractivity (Wildman–Crippen MR) is 118 cm³/mol. The van der Waals surface area contributed by atoms with Crippen LogP contribution in [-0.4, -0.2) is 18.2 Å². The first-order valence-corrected chi connectivity index (χ1v) is 10.3. The highest BCUT2D eigenvalue weighted by molar-refractivity contribution is 5.85. The fraction of sp³-hybridized carbons (Fsp3) is 0.500. The molecule has 1 atom stereocenters. The van der Waals surface area contributed by atoms with E-state index in [9.17, 15) is 5.11 Å². The average Bonchev–Trinajstić information content (AvgIpc) is 2.71. The van der Waals surface area contributed by atoms with Gasteiger partial charge in [0.25, 0.3) is 0 Å². The molecular formula is C24H34ClNO. The van der Waals surface area contributed by atoms with Crippen LogP contribution >= 0.6 is 12.4 Å². The molecule has 1 fully saturated rings. The van der Waals surface area contributed by atoms with E-state index in [-0.39, 0.29) is 12.4 Å². The number of rotatable bonds is 7. The molecule has 1 aliphatic rings. The van der Waals surface area contributed by atoms with Crippen molar-refractivity contribution in [2.75, 3.05) is 18.0 Å². The summed E-state index contributed by atoms with van der Waals surface area (Å²) in [6, 6.07) is 19.0. The second-order valence-electron chi connectivity index (χ2n) is 7.60. The van der Waals surface area contributed by atoms with Crippen LogP contribution < -0.4 is 4.90 Å². The smallest absolute Gasteiger partial charge is 0.0965 e. The molecule has 0 amide bonds. The highest BCUT2D eigenvalue weighted by Gasteiger charge is 2.39. The van der Waals surface area contributed by atoms with Gasteiger partial charge in [-0.3, -0.25) is 0 Å². The summed E-state index contributed by atoms with van der Waals surface area (Å²) in [6.45, 7) is 6.37. The van der Waals surface area contributed by atoms with Crippen LogP contribution in [-0.2, 0) is 12.0 Å². The molecule has 0 aliphatic heterocycles. The number of benzene rings is 2. The van der Waals surface area contributed by atoms with Gasteiger partial charge in [0.05, 0.1) is 5.60 Å². The van der Waals surface area contributed by atoms with Crippen molar-refractivity contribution in [3.05, 3.63) is 65.7 Å². The van der Waals surface area contributed by atoms with Gasteiger partial charge in [-0.2, -0.15) is 0 Å². The second-order valence-corrected chi connectivity index (χ2v) is 7.60. The third-order valence-corrected chi connectivity index (χ3v) is 6.11. The van der Waals surface area contributed by atoms with E-state index >= 15 is 0 Å². The summed E-state index contributed by atoms with van der Waals surface area (Å²) in [4.78, 5) is 2.39. The average molecular weight is 388 g/mol. The Labute approximate surface area is 171 Å². The largest absolute Gasteiger partial charge is 0.385 e. The summed E-state index contributed by atoms with van der Waals surface area (Å²) in [5, 5.41) is 12.0. The second kappa shape index (κ2) is 10.1. The fourth-order valence-corrected chi connectivity index (χ4v) is 4.61. The summed E-state index contributed by atoms with van der Waals surface area (Å²) in [7, 11) is 0. The van der Waals surface area contributed by atoms with E-state index in [0.717, 1.165) is 31.5 Å². The Balaban J connectivity index is 0.00000261. The zero-order valence-corrected chi connectivity index (χ0v) is 17.5. The summed E-state index contributed by atoms with van der Waals surface area (Å²) in [5.41, 5.74) is 2.81. The van der Waals surface area contributed by atoms with Gasteiger partial charge in [0.1, 0.15) is 0 Å². The van der Waals surface area contributed by atoms with Gasteiger partial charge in [-0.1, -0.05) is 67.8 Å². The monoisotopic (exact) mass is 387 g/mol. The van der Waals surface area contributed by atoms with Gasteiger partial charge in [-0.25, -0.2) is 0 Å². The van der Waals surface area contributed by atoms with Crippen molar-refractivity contribution >= 4 is 18.1 Å². The molecule has 1 unspecified atom stereocenters. The van der Waals surface area contributed by atoms with E-state index in [1.165, 1.54) is 30.5 Å². The number of halogens is 1. The first-order chi connectivity index (χ1) is 12.7. The van der Waals surface area contributed by atoms with Gasteiger partial charge in [-0.05, 0) is 49.8 Å². The Morgan fingerprint density at radius 3 is 2.11 bits per heavy atom. The molecule has 0 aromatic heterocycles. The zero-order valence-electron chi connectivity index (χ0n) is 16.7. The normalized spacial score (nSPS) is 17.0. The molecule has 2 nitrogen and oxygen atoms in total. The maximum atomic E-state index is 12.0. The minimum atomic E-state index is -0.787. The van der Waals surface area contributed by atoms with Gasteiger partial charge in [0.15, 0.2) is 0 Å². The molecule has 1 saturated carbocycles. The van der Waals surface area contributed by atoms with Crippen molar-refractivity contribution in [3.63, 3.8) is 0 Å². The van der Waals surface area contributed by atoms with Crippen molar-refractivity contribution in [1.82, 2.24) is 0 Å². The van der Waals surface area contributed by atoms with E-state index in [1.807, 2.05) is 6.07 Å². The Hall–Kier alpha value is -1.51. The predicted octanol–water partition coefficient (Wildman–Crippen LogP) is 5.97. The molecule has 3 heteroatoms. The van der Waals surface area contributed by atoms with Gasteiger partial charge in [-0.15, -0.1) is 12.4 Å². The maximum absolute atomic E-state index is 12.0. The molecule has 148 valence electrons. The van der Waals surface area contributed by atoms with E-state index in [2.05, 4.69) is 67.3 Å². The van der Waals surface area contributed by atoms with Crippen molar-refractivity contribution < 1.29 is 5.11 Å².